The first-order valence-electron chi connectivity index (χ1n) is 8.96. The van der Waals surface area contributed by atoms with Crippen LogP contribution in [0.3, 0.4) is 0 Å². The molecular formula is C19H25N3O6S. The predicted molar refractivity (Wildman–Crippen MR) is 106 cm³/mol. The average Bonchev–Trinajstić information content (AvgIpc) is 2.96. The molecule has 0 radical (unpaired) electrons. The maximum Gasteiger partial charge on any atom is 0.324 e. The van der Waals surface area contributed by atoms with Gasteiger partial charge in [-0.05, 0) is 58.7 Å². The first-order valence-corrected chi connectivity index (χ1v) is 10.4. The van der Waals surface area contributed by atoms with Crippen LogP contribution in [0.1, 0.15) is 36.4 Å². The Morgan fingerprint density at radius 3 is 2.38 bits per heavy atom. The van der Waals surface area contributed by atoms with Crippen LogP contribution in [0.4, 0.5) is 5.69 Å². The highest BCUT2D eigenvalue weighted by atomic mass is 32.2. The quantitative estimate of drug-likeness (QED) is 0.653. The number of nitrogens with zero attached hydrogens (tertiary/aromatic N) is 1. The summed E-state index contributed by atoms with van der Waals surface area (Å²) in [5.74, 6) is -1.30. The largest absolute Gasteiger partial charge is 0.451 e. The molecule has 1 aromatic carbocycles. The third kappa shape index (κ3) is 5.42. The standard InChI is InChI=1S/C19H25N3O6S/c1-10-7-8-11(2)16(9-10)20-18(23)15(6)27-19(24)13(4)22-29(25,26)17-12(3)21-28-14(17)5/h7-9,13,15,22H,1-6H3,(H,20,23)/t13-,15+/m0/s1. The summed E-state index contributed by atoms with van der Waals surface area (Å²) in [5.41, 5.74) is 2.63. The number of hydrogen-bond acceptors (Lipinski definition) is 7. The van der Waals surface area contributed by atoms with E-state index in [0.717, 1.165) is 11.1 Å². The number of aromatic nitrogens is 1. The number of benzene rings is 1. The Hall–Kier alpha value is -2.72. The van der Waals surface area contributed by atoms with Crippen LogP contribution >= 0.6 is 0 Å². The molecule has 2 N–H and O–H groups in total. The van der Waals surface area contributed by atoms with Gasteiger partial charge in [0, 0.05) is 5.69 Å². The van der Waals surface area contributed by atoms with Gasteiger partial charge in [0.2, 0.25) is 10.0 Å². The van der Waals surface area contributed by atoms with Crippen LogP contribution in [0.2, 0.25) is 0 Å². The van der Waals surface area contributed by atoms with Crippen LogP contribution in [0.15, 0.2) is 27.6 Å². The van der Waals surface area contributed by atoms with Gasteiger partial charge in [-0.15, -0.1) is 0 Å². The van der Waals surface area contributed by atoms with E-state index in [1.54, 1.807) is 0 Å². The van der Waals surface area contributed by atoms with E-state index in [-0.39, 0.29) is 16.3 Å². The zero-order chi connectivity index (χ0) is 21.9. The van der Waals surface area contributed by atoms with Crippen molar-refractivity contribution in [2.75, 3.05) is 5.32 Å². The van der Waals surface area contributed by atoms with Crippen molar-refractivity contribution in [2.45, 2.75) is 58.6 Å². The second-order valence-electron chi connectivity index (χ2n) is 6.88. The highest BCUT2D eigenvalue weighted by Crippen LogP contribution is 2.19. The van der Waals surface area contributed by atoms with Gasteiger partial charge in [-0.1, -0.05) is 17.3 Å². The molecule has 10 heteroatoms. The van der Waals surface area contributed by atoms with Gasteiger partial charge in [0.05, 0.1) is 0 Å². The Morgan fingerprint density at radius 2 is 1.79 bits per heavy atom. The monoisotopic (exact) mass is 423 g/mol. The van der Waals surface area contributed by atoms with Gasteiger partial charge < -0.3 is 14.6 Å². The van der Waals surface area contributed by atoms with Crippen molar-refractivity contribution in [1.29, 1.82) is 0 Å². The van der Waals surface area contributed by atoms with Crippen molar-refractivity contribution in [1.82, 2.24) is 9.88 Å². The lowest BCUT2D eigenvalue weighted by molar-refractivity contribution is -0.154. The van der Waals surface area contributed by atoms with Crippen LogP contribution < -0.4 is 10.0 Å². The van der Waals surface area contributed by atoms with Crippen LogP contribution in [-0.4, -0.2) is 37.6 Å². The number of carbonyl (C=O) groups is 2. The molecule has 0 saturated heterocycles. The van der Waals surface area contributed by atoms with Crippen molar-refractivity contribution < 1.29 is 27.3 Å². The van der Waals surface area contributed by atoms with Gasteiger partial charge in [0.1, 0.15) is 16.6 Å². The van der Waals surface area contributed by atoms with Gasteiger partial charge >= 0.3 is 5.97 Å². The van der Waals surface area contributed by atoms with E-state index < -0.39 is 34.0 Å². The number of aryl methyl sites for hydroxylation is 4. The number of nitrogens with one attached hydrogen (secondary N) is 2. The number of esters is 1. The summed E-state index contributed by atoms with van der Waals surface area (Å²) in [5, 5.41) is 6.30. The van der Waals surface area contributed by atoms with Gasteiger partial charge in [-0.25, -0.2) is 8.42 Å². The van der Waals surface area contributed by atoms with Crippen molar-refractivity contribution in [3.8, 4) is 0 Å². The molecule has 1 aromatic heterocycles. The lowest BCUT2D eigenvalue weighted by Gasteiger charge is -2.18. The van der Waals surface area contributed by atoms with E-state index in [1.807, 2.05) is 32.0 Å². The summed E-state index contributed by atoms with van der Waals surface area (Å²) in [6.07, 6.45) is -1.12. The molecule has 0 fully saturated rings. The van der Waals surface area contributed by atoms with E-state index in [9.17, 15) is 18.0 Å². The molecule has 0 unspecified atom stereocenters. The van der Waals surface area contributed by atoms with E-state index in [2.05, 4.69) is 15.2 Å². The third-order valence-corrected chi connectivity index (χ3v) is 6.02. The van der Waals surface area contributed by atoms with Crippen molar-refractivity contribution in [3.63, 3.8) is 0 Å². The number of sulfonamides is 1. The molecule has 1 amide bonds. The summed E-state index contributed by atoms with van der Waals surface area (Å²) >= 11 is 0. The first-order chi connectivity index (χ1) is 13.4. The number of anilines is 1. The fourth-order valence-corrected chi connectivity index (χ4v) is 4.15. The molecular weight excluding hydrogens is 398 g/mol. The Balaban J connectivity index is 2.01. The fourth-order valence-electron chi connectivity index (χ4n) is 2.63. The molecule has 158 valence electrons. The smallest absolute Gasteiger partial charge is 0.324 e. The fraction of sp³-hybridized carbons (Fsp3) is 0.421. The minimum Gasteiger partial charge on any atom is -0.451 e. The average molecular weight is 423 g/mol. The Bertz CT molecular complexity index is 1010. The predicted octanol–water partition coefficient (Wildman–Crippen LogP) is 2.15. The lowest BCUT2D eigenvalue weighted by atomic mass is 10.1. The van der Waals surface area contributed by atoms with Gasteiger partial charge in [0.25, 0.3) is 5.91 Å². The highest BCUT2D eigenvalue weighted by molar-refractivity contribution is 7.89. The second kappa shape index (κ2) is 8.75. The van der Waals surface area contributed by atoms with Crippen molar-refractivity contribution in [2.24, 2.45) is 0 Å². The molecule has 2 aromatic rings. The summed E-state index contributed by atoms with van der Waals surface area (Å²) in [7, 11) is -4.05. The Morgan fingerprint density at radius 1 is 1.14 bits per heavy atom. The Labute approximate surface area is 169 Å². The minimum atomic E-state index is -4.05. The summed E-state index contributed by atoms with van der Waals surface area (Å²) in [6.45, 7) is 9.41. The molecule has 0 spiro atoms. The number of ether oxygens (including phenoxy) is 1. The summed E-state index contributed by atoms with van der Waals surface area (Å²) in [6, 6.07) is 4.38. The SMILES string of the molecule is Cc1ccc(C)c(NC(=O)[C@@H](C)OC(=O)[C@H](C)NS(=O)(=O)c2c(C)noc2C)c1. The molecule has 0 aliphatic heterocycles. The number of rotatable bonds is 7. The highest BCUT2D eigenvalue weighted by Gasteiger charge is 2.30. The van der Waals surface area contributed by atoms with Gasteiger partial charge in [0.15, 0.2) is 11.9 Å². The zero-order valence-electron chi connectivity index (χ0n) is 17.2. The molecule has 2 rings (SSSR count). The van der Waals surface area contributed by atoms with E-state index in [0.29, 0.717) is 5.69 Å². The first kappa shape index (κ1) is 22.6. The van der Waals surface area contributed by atoms with Crippen molar-refractivity contribution in [3.05, 3.63) is 40.8 Å². The lowest BCUT2D eigenvalue weighted by Crippen LogP contribution is -2.42. The molecule has 0 bridgehead atoms. The maximum absolute atomic E-state index is 12.5. The van der Waals surface area contributed by atoms with Crippen LogP contribution in [0.25, 0.3) is 0 Å². The van der Waals surface area contributed by atoms with E-state index >= 15 is 0 Å². The Kier molecular flexibility index (Phi) is 6.81. The zero-order valence-corrected chi connectivity index (χ0v) is 18.0. The number of amides is 1. The molecule has 29 heavy (non-hydrogen) atoms. The minimum absolute atomic E-state index is 0.108. The summed E-state index contributed by atoms with van der Waals surface area (Å²) < 4.78 is 37.2. The van der Waals surface area contributed by atoms with E-state index in [1.165, 1.54) is 27.7 Å². The normalized spacial score (nSPS) is 13.6. The molecule has 0 aliphatic rings. The molecule has 0 saturated carbocycles. The molecule has 0 aliphatic carbocycles. The topological polar surface area (TPSA) is 128 Å². The van der Waals surface area contributed by atoms with E-state index in [4.69, 9.17) is 9.26 Å². The third-order valence-electron chi connectivity index (χ3n) is 4.24. The van der Waals surface area contributed by atoms with Gasteiger partial charge in [-0.3, -0.25) is 9.59 Å². The van der Waals surface area contributed by atoms with Gasteiger partial charge in [-0.2, -0.15) is 4.72 Å². The van der Waals surface area contributed by atoms with Crippen LogP contribution in [0.5, 0.6) is 0 Å². The molecule has 1 heterocycles. The number of hydrogen-bond donors (Lipinski definition) is 2. The molecule has 2 atom stereocenters. The maximum atomic E-state index is 12.5. The summed E-state index contributed by atoms with van der Waals surface area (Å²) in [4.78, 5) is 24.5. The second-order valence-corrected chi connectivity index (χ2v) is 8.53. The molecule has 9 nitrogen and oxygen atoms in total. The number of carbonyl (C=O) groups excluding carboxylic acids is 2. The van der Waals surface area contributed by atoms with Crippen LogP contribution in [0, 0.1) is 27.7 Å². The van der Waals surface area contributed by atoms with Crippen LogP contribution in [-0.2, 0) is 24.3 Å². The van der Waals surface area contributed by atoms with Crippen molar-refractivity contribution >= 4 is 27.6 Å².